The highest BCUT2D eigenvalue weighted by Gasteiger charge is 2.07. The average Bonchev–Trinajstić information content (AvgIpc) is 2.79. The van der Waals surface area contributed by atoms with Crippen LogP contribution in [0.2, 0.25) is 0 Å². The van der Waals surface area contributed by atoms with E-state index in [2.05, 4.69) is 23.5 Å². The lowest BCUT2D eigenvalue weighted by Crippen LogP contribution is -2.24. The van der Waals surface area contributed by atoms with Crippen LogP contribution in [-0.2, 0) is 11.4 Å². The highest BCUT2D eigenvalue weighted by molar-refractivity contribution is 5.83. The molecule has 0 heterocycles. The number of aryl methyl sites for hydroxylation is 3. The Hall–Kier alpha value is -3.80. The van der Waals surface area contributed by atoms with Crippen molar-refractivity contribution in [3.63, 3.8) is 0 Å². The minimum atomic E-state index is -0.343. The molecule has 3 rings (SSSR count). The third-order valence-electron chi connectivity index (χ3n) is 5.08. The number of hydrogen-bond acceptors (Lipinski definition) is 5. The summed E-state index contributed by atoms with van der Waals surface area (Å²) in [5.74, 6) is 1.54. The predicted octanol–water partition coefficient (Wildman–Crippen LogP) is 4.73. The van der Waals surface area contributed by atoms with E-state index < -0.39 is 0 Å². The van der Waals surface area contributed by atoms with Crippen LogP contribution < -0.4 is 19.6 Å². The van der Waals surface area contributed by atoms with E-state index in [1.54, 1.807) is 19.4 Å². The molecule has 3 aromatic rings. The molecule has 0 aliphatic carbocycles. The number of carbonyl (C=O) groups excluding carboxylic acids is 1. The first-order valence-corrected chi connectivity index (χ1v) is 10.3. The first-order valence-electron chi connectivity index (χ1n) is 10.3. The first-order chi connectivity index (χ1) is 15.5. The van der Waals surface area contributed by atoms with Gasteiger partial charge in [-0.05, 0) is 78.9 Å². The normalized spacial score (nSPS) is 10.8. The molecule has 0 aromatic heterocycles. The van der Waals surface area contributed by atoms with Gasteiger partial charge in [0.25, 0.3) is 5.91 Å². The van der Waals surface area contributed by atoms with Crippen LogP contribution in [0.4, 0.5) is 0 Å². The summed E-state index contributed by atoms with van der Waals surface area (Å²) in [4.78, 5) is 12.0. The maximum Gasteiger partial charge on any atom is 0.277 e. The fourth-order valence-corrected chi connectivity index (χ4v) is 2.97. The van der Waals surface area contributed by atoms with Gasteiger partial charge in [0.2, 0.25) is 0 Å². The van der Waals surface area contributed by atoms with E-state index in [0.717, 1.165) is 16.7 Å². The molecule has 0 fully saturated rings. The molecule has 0 unspecified atom stereocenters. The number of hydrogen-bond donors (Lipinski definition) is 1. The zero-order valence-electron chi connectivity index (χ0n) is 18.8. The van der Waals surface area contributed by atoms with Crippen molar-refractivity contribution in [3.8, 4) is 17.2 Å². The highest BCUT2D eigenvalue weighted by atomic mass is 16.5. The Morgan fingerprint density at radius 3 is 2.47 bits per heavy atom. The summed E-state index contributed by atoms with van der Waals surface area (Å²) in [7, 11) is 1.59. The molecule has 0 saturated carbocycles. The number of rotatable bonds is 9. The third kappa shape index (κ3) is 6.35. The van der Waals surface area contributed by atoms with Crippen molar-refractivity contribution in [3.05, 3.63) is 88.5 Å². The molecular formula is C26H28N2O4. The fraction of sp³-hybridized carbons (Fsp3) is 0.231. The van der Waals surface area contributed by atoms with Crippen LogP contribution in [0, 0.1) is 20.8 Å². The smallest absolute Gasteiger partial charge is 0.277 e. The summed E-state index contributed by atoms with van der Waals surface area (Å²) >= 11 is 0. The van der Waals surface area contributed by atoms with E-state index >= 15 is 0 Å². The van der Waals surface area contributed by atoms with E-state index in [9.17, 15) is 4.79 Å². The van der Waals surface area contributed by atoms with Gasteiger partial charge in [-0.1, -0.05) is 30.3 Å². The number of amides is 1. The minimum absolute atomic E-state index is 0.116. The standard InChI is InChI=1S/C26H28N2O4/c1-18-9-11-23(13-20(18)3)31-17-26(29)28-27-15-21-10-12-24(25(14-21)30-4)32-16-22-8-6-5-7-19(22)2/h5-15H,16-17H2,1-4H3,(H,28,29)/b27-15+. The predicted molar refractivity (Wildman–Crippen MR) is 126 cm³/mol. The molecule has 1 N–H and O–H groups in total. The van der Waals surface area contributed by atoms with Crippen LogP contribution in [0.1, 0.15) is 27.8 Å². The van der Waals surface area contributed by atoms with Crippen molar-refractivity contribution in [2.45, 2.75) is 27.4 Å². The molecule has 6 nitrogen and oxygen atoms in total. The second-order valence-corrected chi connectivity index (χ2v) is 7.45. The second kappa shape index (κ2) is 11.0. The van der Waals surface area contributed by atoms with Gasteiger partial charge in [0.1, 0.15) is 12.4 Å². The van der Waals surface area contributed by atoms with Crippen LogP contribution >= 0.6 is 0 Å². The maximum absolute atomic E-state index is 12.0. The highest BCUT2D eigenvalue weighted by Crippen LogP contribution is 2.28. The van der Waals surface area contributed by atoms with Crippen molar-refractivity contribution in [2.75, 3.05) is 13.7 Å². The Morgan fingerprint density at radius 1 is 0.906 bits per heavy atom. The average molecular weight is 433 g/mol. The molecule has 0 radical (unpaired) electrons. The van der Waals surface area contributed by atoms with Gasteiger partial charge in [-0.15, -0.1) is 0 Å². The van der Waals surface area contributed by atoms with Crippen molar-refractivity contribution in [1.29, 1.82) is 0 Å². The van der Waals surface area contributed by atoms with Gasteiger partial charge in [0.15, 0.2) is 18.1 Å². The molecule has 6 heteroatoms. The van der Waals surface area contributed by atoms with Gasteiger partial charge >= 0.3 is 0 Å². The molecular weight excluding hydrogens is 404 g/mol. The summed E-state index contributed by atoms with van der Waals surface area (Å²) in [6.45, 7) is 6.41. The van der Waals surface area contributed by atoms with Gasteiger partial charge in [0.05, 0.1) is 13.3 Å². The SMILES string of the molecule is COc1cc(/C=N/NC(=O)COc2ccc(C)c(C)c2)ccc1OCc1ccccc1C. The number of methoxy groups -OCH3 is 1. The Bertz CT molecular complexity index is 1110. The first kappa shape index (κ1) is 22.9. The Morgan fingerprint density at radius 2 is 1.72 bits per heavy atom. The molecule has 0 spiro atoms. The molecule has 0 aliphatic heterocycles. The summed E-state index contributed by atoms with van der Waals surface area (Å²) in [6, 6.07) is 19.3. The van der Waals surface area contributed by atoms with E-state index in [1.807, 2.05) is 62.4 Å². The molecule has 166 valence electrons. The number of ether oxygens (including phenoxy) is 3. The molecule has 3 aromatic carbocycles. The van der Waals surface area contributed by atoms with Crippen molar-refractivity contribution >= 4 is 12.1 Å². The lowest BCUT2D eigenvalue weighted by Gasteiger charge is -2.12. The Labute approximate surface area is 188 Å². The number of carbonyl (C=O) groups is 1. The van der Waals surface area contributed by atoms with Crippen molar-refractivity contribution < 1.29 is 19.0 Å². The molecule has 0 atom stereocenters. The van der Waals surface area contributed by atoms with Crippen LogP contribution in [0.5, 0.6) is 17.2 Å². The van der Waals surface area contributed by atoms with Crippen molar-refractivity contribution in [2.24, 2.45) is 5.10 Å². The van der Waals surface area contributed by atoms with Crippen LogP contribution in [-0.4, -0.2) is 25.8 Å². The molecule has 0 saturated heterocycles. The summed E-state index contributed by atoms with van der Waals surface area (Å²) in [5.41, 5.74) is 7.81. The van der Waals surface area contributed by atoms with Crippen molar-refractivity contribution in [1.82, 2.24) is 5.43 Å². The van der Waals surface area contributed by atoms with Gasteiger partial charge in [-0.3, -0.25) is 4.79 Å². The Balaban J connectivity index is 1.53. The van der Waals surface area contributed by atoms with Crippen LogP contribution in [0.25, 0.3) is 0 Å². The molecule has 0 bridgehead atoms. The van der Waals surface area contributed by atoms with E-state index in [0.29, 0.717) is 23.9 Å². The quantitative estimate of drug-likeness (QED) is 0.392. The topological polar surface area (TPSA) is 69.2 Å². The third-order valence-corrected chi connectivity index (χ3v) is 5.08. The van der Waals surface area contributed by atoms with E-state index in [-0.39, 0.29) is 12.5 Å². The number of nitrogens with zero attached hydrogens (tertiary/aromatic N) is 1. The van der Waals surface area contributed by atoms with Crippen LogP contribution in [0.3, 0.4) is 0 Å². The summed E-state index contributed by atoms with van der Waals surface area (Å²) in [6.07, 6.45) is 1.54. The van der Waals surface area contributed by atoms with E-state index in [1.165, 1.54) is 11.1 Å². The second-order valence-electron chi connectivity index (χ2n) is 7.45. The van der Waals surface area contributed by atoms with Gasteiger partial charge in [0, 0.05) is 0 Å². The zero-order chi connectivity index (χ0) is 22.9. The zero-order valence-corrected chi connectivity index (χ0v) is 18.8. The van der Waals surface area contributed by atoms with E-state index in [4.69, 9.17) is 14.2 Å². The number of nitrogens with one attached hydrogen (secondary N) is 1. The lowest BCUT2D eigenvalue weighted by molar-refractivity contribution is -0.123. The van der Waals surface area contributed by atoms with Crippen LogP contribution in [0.15, 0.2) is 65.8 Å². The summed E-state index contributed by atoms with van der Waals surface area (Å²) in [5, 5.41) is 3.99. The lowest BCUT2D eigenvalue weighted by atomic mass is 10.1. The van der Waals surface area contributed by atoms with Gasteiger partial charge in [-0.25, -0.2) is 5.43 Å². The molecule has 1 amide bonds. The summed E-state index contributed by atoms with van der Waals surface area (Å²) < 4.78 is 16.9. The van der Waals surface area contributed by atoms with Gasteiger partial charge in [-0.2, -0.15) is 5.10 Å². The Kier molecular flexibility index (Phi) is 7.86. The maximum atomic E-state index is 12.0. The largest absolute Gasteiger partial charge is 0.493 e. The minimum Gasteiger partial charge on any atom is -0.493 e. The monoisotopic (exact) mass is 432 g/mol. The van der Waals surface area contributed by atoms with Gasteiger partial charge < -0.3 is 14.2 Å². The fourth-order valence-electron chi connectivity index (χ4n) is 2.97. The molecule has 32 heavy (non-hydrogen) atoms. The number of benzene rings is 3. The number of hydrazone groups is 1. The molecule has 0 aliphatic rings.